The number of anilines is 2. The summed E-state index contributed by atoms with van der Waals surface area (Å²) in [5.74, 6) is -0.316. The summed E-state index contributed by atoms with van der Waals surface area (Å²) >= 11 is -2.38. The fourth-order valence-corrected chi connectivity index (χ4v) is 3.43. The van der Waals surface area contributed by atoms with Crippen molar-refractivity contribution >= 4 is 34.6 Å². The minimum absolute atomic E-state index is 0.227. The van der Waals surface area contributed by atoms with Crippen molar-refractivity contribution in [2.45, 2.75) is 6.54 Å². The summed E-state index contributed by atoms with van der Waals surface area (Å²) in [5, 5.41) is 5.52. The number of urea groups is 1. The molecule has 1 atom stereocenters. The van der Waals surface area contributed by atoms with Gasteiger partial charge >= 0.3 is 6.03 Å². The second kappa shape index (κ2) is 10.5. The molecule has 0 bridgehead atoms. The number of nitrogens with one attached hydrogen (secondary N) is 3. The van der Waals surface area contributed by atoms with Crippen LogP contribution in [0.25, 0.3) is 11.1 Å². The Bertz CT molecular complexity index is 1140. The molecule has 0 fully saturated rings. The number of nitrogens with zero attached hydrogens (tertiary/aromatic N) is 2. The summed E-state index contributed by atoms with van der Waals surface area (Å²) < 4.78 is 23.4. The van der Waals surface area contributed by atoms with Crippen LogP contribution in [0.4, 0.5) is 16.2 Å². The van der Waals surface area contributed by atoms with Gasteiger partial charge in [-0.3, -0.25) is 19.1 Å². The van der Waals surface area contributed by atoms with Crippen LogP contribution in [0.15, 0.2) is 67.0 Å². The third-order valence-corrected chi connectivity index (χ3v) is 4.88. The van der Waals surface area contributed by atoms with Gasteiger partial charge in [0.15, 0.2) is 0 Å². The van der Waals surface area contributed by atoms with Crippen LogP contribution in [-0.2, 0) is 17.8 Å². The summed E-state index contributed by atoms with van der Waals surface area (Å²) in [6.07, 6.45) is 3.33. The van der Waals surface area contributed by atoms with Crippen molar-refractivity contribution in [1.82, 2.24) is 15.2 Å². The lowest BCUT2D eigenvalue weighted by Crippen LogP contribution is -2.28. The fourth-order valence-electron chi connectivity index (χ4n) is 3.03. The van der Waals surface area contributed by atoms with Crippen LogP contribution in [0.1, 0.15) is 15.9 Å². The molecule has 32 heavy (non-hydrogen) atoms. The van der Waals surface area contributed by atoms with Crippen LogP contribution >= 0.6 is 0 Å². The van der Waals surface area contributed by atoms with E-state index in [0.717, 1.165) is 5.56 Å². The Morgan fingerprint density at radius 3 is 2.56 bits per heavy atom. The number of hydrogen-bond acceptors (Lipinski definition) is 4. The molecule has 1 aromatic heterocycles. The molecule has 0 saturated heterocycles. The maximum Gasteiger partial charge on any atom is 0.319 e. The zero-order valence-corrected chi connectivity index (χ0v) is 18.3. The first-order valence-corrected chi connectivity index (χ1v) is 10.7. The zero-order valence-electron chi connectivity index (χ0n) is 17.5. The number of pyridine rings is 1. The lowest BCUT2D eigenvalue weighted by Gasteiger charge is -2.18. The van der Waals surface area contributed by atoms with Gasteiger partial charge in [-0.15, -0.1) is 0 Å². The first kappa shape index (κ1) is 22.9. The third-order valence-electron chi connectivity index (χ3n) is 4.50. The third kappa shape index (κ3) is 5.90. The molecule has 0 radical (unpaired) electrons. The highest BCUT2D eigenvalue weighted by Crippen LogP contribution is 2.33. The van der Waals surface area contributed by atoms with Crippen molar-refractivity contribution in [2.24, 2.45) is 0 Å². The number of rotatable bonds is 7. The quantitative estimate of drug-likeness (QED) is 0.409. The van der Waals surface area contributed by atoms with Crippen LogP contribution in [0.5, 0.6) is 0 Å². The van der Waals surface area contributed by atoms with Gasteiger partial charge in [0, 0.05) is 44.3 Å². The molecule has 4 N–H and O–H groups in total. The number of para-hydroxylation sites is 1. The molecule has 9 nitrogen and oxygen atoms in total. The number of amides is 3. The average Bonchev–Trinajstić information content (AvgIpc) is 2.78. The maximum atomic E-state index is 12.6. The van der Waals surface area contributed by atoms with E-state index in [4.69, 9.17) is 0 Å². The molecule has 1 heterocycles. The van der Waals surface area contributed by atoms with E-state index in [2.05, 4.69) is 20.3 Å². The van der Waals surface area contributed by atoms with Gasteiger partial charge < -0.3 is 15.5 Å². The van der Waals surface area contributed by atoms with Gasteiger partial charge in [-0.2, -0.15) is 0 Å². The highest BCUT2D eigenvalue weighted by molar-refractivity contribution is 7.80. The van der Waals surface area contributed by atoms with Crippen molar-refractivity contribution in [3.05, 3.63) is 78.1 Å². The summed E-state index contributed by atoms with van der Waals surface area (Å²) in [6, 6.07) is 15.2. The Kier molecular flexibility index (Phi) is 7.53. The highest BCUT2D eigenvalue weighted by Gasteiger charge is 2.19. The lowest BCUT2D eigenvalue weighted by molar-refractivity contribution is 0.0828. The number of carbonyl (C=O) groups excluding carboxylic acids is 2. The normalized spacial score (nSPS) is 11.3. The molecule has 0 aliphatic rings. The summed E-state index contributed by atoms with van der Waals surface area (Å²) in [5.41, 5.74) is 3.06. The van der Waals surface area contributed by atoms with Gasteiger partial charge in [0.1, 0.15) is 0 Å². The number of hydrogen-bond donors (Lipinski definition) is 4. The van der Waals surface area contributed by atoms with Gasteiger partial charge in [-0.1, -0.05) is 30.3 Å². The predicted molar refractivity (Wildman–Crippen MR) is 124 cm³/mol. The van der Waals surface area contributed by atoms with Crippen molar-refractivity contribution in [3.63, 3.8) is 0 Å². The van der Waals surface area contributed by atoms with Crippen LogP contribution in [-0.4, -0.2) is 44.7 Å². The Morgan fingerprint density at radius 2 is 1.88 bits per heavy atom. The first-order valence-electron chi connectivity index (χ1n) is 9.61. The first-order chi connectivity index (χ1) is 15.3. The monoisotopic (exact) mass is 453 g/mol. The summed E-state index contributed by atoms with van der Waals surface area (Å²) in [4.78, 5) is 30.2. The van der Waals surface area contributed by atoms with Gasteiger partial charge in [-0.05, 0) is 35.4 Å². The minimum Gasteiger partial charge on any atom is -0.345 e. The summed E-state index contributed by atoms with van der Waals surface area (Å²) in [6.45, 7) is 0.324. The molecule has 3 amide bonds. The molecule has 2 aromatic carbocycles. The zero-order chi connectivity index (χ0) is 23.1. The Labute approximate surface area is 188 Å². The number of carbonyl (C=O) groups is 2. The topological polar surface area (TPSA) is 124 Å². The van der Waals surface area contributed by atoms with Crippen LogP contribution < -0.4 is 15.4 Å². The smallest absolute Gasteiger partial charge is 0.319 e. The minimum atomic E-state index is -2.38. The van der Waals surface area contributed by atoms with E-state index in [9.17, 15) is 18.4 Å². The molecule has 0 saturated carbocycles. The molecule has 0 aliphatic carbocycles. The largest absolute Gasteiger partial charge is 0.345 e. The van der Waals surface area contributed by atoms with Gasteiger partial charge in [0.25, 0.3) is 17.2 Å². The SMILES string of the molecule is CN(C)C(=O)c1cccc(-c2cccc(NC(=O)NCc3cccnc3)c2)c1NS(=O)O. The lowest BCUT2D eigenvalue weighted by atomic mass is 9.99. The van der Waals surface area contributed by atoms with Crippen LogP contribution in [0.3, 0.4) is 0 Å². The van der Waals surface area contributed by atoms with E-state index in [1.165, 1.54) is 4.90 Å². The fraction of sp³-hybridized carbons (Fsp3) is 0.136. The molecule has 0 aliphatic heterocycles. The van der Waals surface area contributed by atoms with Crippen molar-refractivity contribution in [3.8, 4) is 11.1 Å². The second-order valence-corrected chi connectivity index (χ2v) is 7.73. The van der Waals surface area contributed by atoms with E-state index in [-0.39, 0.29) is 17.2 Å². The Balaban J connectivity index is 1.85. The van der Waals surface area contributed by atoms with Crippen molar-refractivity contribution < 1.29 is 18.4 Å². The molecule has 10 heteroatoms. The van der Waals surface area contributed by atoms with Crippen LogP contribution in [0, 0.1) is 0 Å². The molecule has 3 rings (SSSR count). The standard InChI is InChI=1S/C22H23N5O4S/c1-27(2)21(28)19-10-4-9-18(20(19)26-32(30)31)16-7-3-8-17(12-16)25-22(29)24-14-15-6-5-11-23-13-15/h3-13,26H,14H2,1-2H3,(H,30,31)(H2,24,25,29). The average molecular weight is 454 g/mol. The van der Waals surface area contributed by atoms with Gasteiger partial charge in [-0.25, -0.2) is 9.00 Å². The molecule has 166 valence electrons. The Morgan fingerprint density at radius 1 is 1.09 bits per heavy atom. The van der Waals surface area contributed by atoms with E-state index in [0.29, 0.717) is 23.4 Å². The van der Waals surface area contributed by atoms with Gasteiger partial charge in [0.2, 0.25) is 0 Å². The highest BCUT2D eigenvalue weighted by atomic mass is 32.2. The van der Waals surface area contributed by atoms with E-state index in [1.807, 2.05) is 6.07 Å². The molecular formula is C22H23N5O4S. The molecular weight excluding hydrogens is 430 g/mol. The maximum absolute atomic E-state index is 12.6. The number of benzene rings is 2. The van der Waals surface area contributed by atoms with Crippen molar-refractivity contribution in [2.75, 3.05) is 24.1 Å². The Hall–Kier alpha value is -3.76. The van der Waals surface area contributed by atoms with E-state index >= 15 is 0 Å². The van der Waals surface area contributed by atoms with E-state index < -0.39 is 17.3 Å². The van der Waals surface area contributed by atoms with Crippen molar-refractivity contribution in [1.29, 1.82) is 0 Å². The second-order valence-electron chi connectivity index (χ2n) is 7.03. The molecule has 1 unspecified atom stereocenters. The van der Waals surface area contributed by atoms with Crippen LogP contribution in [0.2, 0.25) is 0 Å². The molecule has 3 aromatic rings. The van der Waals surface area contributed by atoms with E-state index in [1.54, 1.807) is 75.0 Å². The number of aromatic nitrogens is 1. The molecule has 0 spiro atoms. The summed E-state index contributed by atoms with van der Waals surface area (Å²) in [7, 11) is 3.20. The van der Waals surface area contributed by atoms with Gasteiger partial charge in [0.05, 0.1) is 11.3 Å². The predicted octanol–water partition coefficient (Wildman–Crippen LogP) is 3.32.